The van der Waals surface area contributed by atoms with Crippen molar-refractivity contribution in [3.05, 3.63) is 56.1 Å². The van der Waals surface area contributed by atoms with Crippen molar-refractivity contribution in [3.8, 4) is 0 Å². The summed E-state index contributed by atoms with van der Waals surface area (Å²) >= 11 is 1.75. The standard InChI is InChI=1S/C17H22N2O2S/c1-21-10-9-19-16-5-8-18(12-14-6-11-22-13-14)7-4-15(16)2-3-17(19)20/h2-3,6,11,13H,4-5,7-10,12H2,1H3. The third-order valence-electron chi connectivity index (χ3n) is 4.26. The Hall–Kier alpha value is -1.43. The maximum absolute atomic E-state index is 12.1. The van der Waals surface area contributed by atoms with Crippen LogP contribution >= 0.6 is 11.3 Å². The molecule has 0 aliphatic carbocycles. The molecule has 118 valence electrons. The smallest absolute Gasteiger partial charge is 0.250 e. The van der Waals surface area contributed by atoms with Crippen molar-refractivity contribution in [2.75, 3.05) is 26.8 Å². The van der Waals surface area contributed by atoms with Gasteiger partial charge in [-0.1, -0.05) is 6.07 Å². The number of thiophene rings is 1. The van der Waals surface area contributed by atoms with E-state index in [4.69, 9.17) is 4.74 Å². The van der Waals surface area contributed by atoms with Gasteiger partial charge < -0.3 is 9.30 Å². The van der Waals surface area contributed by atoms with Gasteiger partial charge in [0.15, 0.2) is 0 Å². The minimum atomic E-state index is 0.0853. The molecule has 2 aromatic heterocycles. The van der Waals surface area contributed by atoms with Crippen LogP contribution in [0.15, 0.2) is 33.8 Å². The molecule has 0 spiro atoms. The van der Waals surface area contributed by atoms with Gasteiger partial charge in [-0.15, -0.1) is 0 Å². The van der Waals surface area contributed by atoms with Gasteiger partial charge in [-0.25, -0.2) is 0 Å². The number of nitrogens with zero attached hydrogens (tertiary/aromatic N) is 2. The Labute approximate surface area is 135 Å². The number of hydrogen-bond acceptors (Lipinski definition) is 4. The number of rotatable bonds is 5. The van der Waals surface area contributed by atoms with Gasteiger partial charge in [0, 0.05) is 51.5 Å². The molecule has 0 atom stereocenters. The van der Waals surface area contributed by atoms with Crippen LogP contribution < -0.4 is 5.56 Å². The van der Waals surface area contributed by atoms with Crippen molar-refractivity contribution >= 4 is 11.3 Å². The minimum absolute atomic E-state index is 0.0853. The highest BCUT2D eigenvalue weighted by Gasteiger charge is 2.17. The van der Waals surface area contributed by atoms with Gasteiger partial charge in [0.05, 0.1) is 6.61 Å². The molecule has 0 bridgehead atoms. The number of pyridine rings is 1. The molecule has 3 heterocycles. The molecule has 0 amide bonds. The second-order valence-electron chi connectivity index (χ2n) is 5.70. The van der Waals surface area contributed by atoms with Gasteiger partial charge in [0.1, 0.15) is 0 Å². The van der Waals surface area contributed by atoms with Gasteiger partial charge in [-0.05, 0) is 34.4 Å². The predicted molar refractivity (Wildman–Crippen MR) is 89.6 cm³/mol. The van der Waals surface area contributed by atoms with Crippen molar-refractivity contribution < 1.29 is 4.74 Å². The molecular formula is C17H22N2O2S. The minimum Gasteiger partial charge on any atom is -0.383 e. The normalized spacial score (nSPS) is 15.5. The summed E-state index contributed by atoms with van der Waals surface area (Å²) in [6, 6.07) is 5.90. The Morgan fingerprint density at radius 1 is 1.23 bits per heavy atom. The third-order valence-corrected chi connectivity index (χ3v) is 4.99. The highest BCUT2D eigenvalue weighted by Crippen LogP contribution is 2.17. The van der Waals surface area contributed by atoms with Crippen LogP contribution in [0.4, 0.5) is 0 Å². The van der Waals surface area contributed by atoms with E-state index in [2.05, 4.69) is 21.7 Å². The van der Waals surface area contributed by atoms with Crippen LogP contribution in [0.5, 0.6) is 0 Å². The summed E-state index contributed by atoms with van der Waals surface area (Å²) < 4.78 is 7.04. The maximum Gasteiger partial charge on any atom is 0.250 e. The van der Waals surface area contributed by atoms with Crippen LogP contribution in [-0.2, 0) is 30.7 Å². The second kappa shape index (κ2) is 7.22. The molecule has 0 saturated heterocycles. The Morgan fingerprint density at radius 3 is 2.86 bits per heavy atom. The fourth-order valence-electron chi connectivity index (χ4n) is 3.07. The SMILES string of the molecule is COCCn1c2c(ccc1=O)CCN(Cc1ccsc1)CC2. The topological polar surface area (TPSA) is 34.5 Å². The summed E-state index contributed by atoms with van der Waals surface area (Å²) in [7, 11) is 1.68. The lowest BCUT2D eigenvalue weighted by molar-refractivity contribution is 0.185. The molecule has 1 aliphatic rings. The highest BCUT2D eigenvalue weighted by molar-refractivity contribution is 7.07. The van der Waals surface area contributed by atoms with E-state index in [1.165, 1.54) is 16.8 Å². The first-order valence-electron chi connectivity index (χ1n) is 7.72. The summed E-state index contributed by atoms with van der Waals surface area (Å²) in [5.74, 6) is 0. The number of methoxy groups -OCH3 is 1. The summed E-state index contributed by atoms with van der Waals surface area (Å²) in [5.41, 5.74) is 3.97. The third kappa shape index (κ3) is 3.48. The van der Waals surface area contributed by atoms with Crippen molar-refractivity contribution in [1.29, 1.82) is 0 Å². The Balaban J connectivity index is 1.77. The van der Waals surface area contributed by atoms with E-state index < -0.39 is 0 Å². The summed E-state index contributed by atoms with van der Waals surface area (Å²) in [6.45, 7) is 4.27. The zero-order valence-corrected chi connectivity index (χ0v) is 13.8. The fourth-order valence-corrected chi connectivity index (χ4v) is 3.73. The van der Waals surface area contributed by atoms with Crippen LogP contribution in [0, 0.1) is 0 Å². The number of ether oxygens (including phenoxy) is 1. The van der Waals surface area contributed by atoms with E-state index >= 15 is 0 Å². The molecular weight excluding hydrogens is 296 g/mol. The van der Waals surface area contributed by atoms with Gasteiger partial charge in [0.25, 0.3) is 5.56 Å². The largest absolute Gasteiger partial charge is 0.383 e. The van der Waals surface area contributed by atoms with E-state index in [1.807, 2.05) is 10.6 Å². The quantitative estimate of drug-likeness (QED) is 0.847. The fraction of sp³-hybridized carbons (Fsp3) is 0.471. The molecule has 0 fully saturated rings. The second-order valence-corrected chi connectivity index (χ2v) is 6.48. The lowest BCUT2D eigenvalue weighted by atomic mass is 10.1. The summed E-state index contributed by atoms with van der Waals surface area (Å²) in [5, 5.41) is 4.34. The summed E-state index contributed by atoms with van der Waals surface area (Å²) in [4.78, 5) is 14.6. The Kier molecular flexibility index (Phi) is 5.08. The van der Waals surface area contributed by atoms with Gasteiger partial charge in [-0.3, -0.25) is 9.69 Å². The van der Waals surface area contributed by atoms with E-state index in [0.717, 1.165) is 32.5 Å². The van der Waals surface area contributed by atoms with E-state index in [1.54, 1.807) is 24.5 Å². The Bertz CT molecular complexity index is 664. The van der Waals surface area contributed by atoms with Gasteiger partial charge in [-0.2, -0.15) is 11.3 Å². The van der Waals surface area contributed by atoms with Crippen molar-refractivity contribution in [2.45, 2.75) is 25.9 Å². The first-order chi connectivity index (χ1) is 10.8. The molecule has 0 saturated carbocycles. The molecule has 5 heteroatoms. The van der Waals surface area contributed by atoms with E-state index in [-0.39, 0.29) is 5.56 Å². The zero-order chi connectivity index (χ0) is 15.4. The molecule has 0 unspecified atom stereocenters. The van der Waals surface area contributed by atoms with Crippen LogP contribution in [0.1, 0.15) is 16.8 Å². The zero-order valence-electron chi connectivity index (χ0n) is 13.0. The summed E-state index contributed by atoms with van der Waals surface area (Å²) in [6.07, 6.45) is 1.94. The molecule has 0 N–H and O–H groups in total. The maximum atomic E-state index is 12.1. The average Bonchev–Trinajstić information content (AvgIpc) is 2.94. The molecule has 1 aliphatic heterocycles. The van der Waals surface area contributed by atoms with Crippen LogP contribution in [0.3, 0.4) is 0 Å². The van der Waals surface area contributed by atoms with Crippen LogP contribution in [0.2, 0.25) is 0 Å². The number of aromatic nitrogens is 1. The molecule has 22 heavy (non-hydrogen) atoms. The highest BCUT2D eigenvalue weighted by atomic mass is 32.1. The number of fused-ring (bicyclic) bond motifs is 1. The van der Waals surface area contributed by atoms with Gasteiger partial charge in [0.2, 0.25) is 0 Å². The monoisotopic (exact) mass is 318 g/mol. The molecule has 2 aromatic rings. The molecule has 4 nitrogen and oxygen atoms in total. The van der Waals surface area contributed by atoms with Crippen molar-refractivity contribution in [2.24, 2.45) is 0 Å². The van der Waals surface area contributed by atoms with E-state index in [9.17, 15) is 4.79 Å². The van der Waals surface area contributed by atoms with Crippen molar-refractivity contribution in [1.82, 2.24) is 9.47 Å². The number of hydrogen-bond donors (Lipinski definition) is 0. The van der Waals surface area contributed by atoms with Crippen LogP contribution in [0.25, 0.3) is 0 Å². The first-order valence-corrected chi connectivity index (χ1v) is 8.66. The molecule has 0 aromatic carbocycles. The average molecular weight is 318 g/mol. The van der Waals surface area contributed by atoms with Gasteiger partial charge >= 0.3 is 0 Å². The van der Waals surface area contributed by atoms with E-state index in [0.29, 0.717) is 13.2 Å². The Morgan fingerprint density at radius 2 is 2.09 bits per heavy atom. The first kappa shape index (κ1) is 15.5. The predicted octanol–water partition coefficient (Wildman–Crippen LogP) is 2.16. The van der Waals surface area contributed by atoms with Crippen LogP contribution in [-0.4, -0.2) is 36.3 Å². The van der Waals surface area contributed by atoms with Crippen molar-refractivity contribution in [3.63, 3.8) is 0 Å². The molecule has 0 radical (unpaired) electrons. The lowest BCUT2D eigenvalue weighted by Gasteiger charge is -2.19. The lowest BCUT2D eigenvalue weighted by Crippen LogP contribution is -2.27. The molecule has 3 rings (SSSR count).